The van der Waals surface area contributed by atoms with E-state index in [0.717, 1.165) is 16.6 Å². The first kappa shape index (κ1) is 11.7. The topological polar surface area (TPSA) is 46.2 Å². The number of hydrogen-bond donors (Lipinski definition) is 1. The molecule has 1 amide bonds. The van der Waals surface area contributed by atoms with Crippen molar-refractivity contribution in [3.05, 3.63) is 34.3 Å². The molecule has 2 rings (SSSR count). The highest BCUT2D eigenvalue weighted by Gasteiger charge is 2.26. The molecule has 0 aliphatic carbocycles. The number of thioether (sulfide) groups is 1. The third-order valence-corrected chi connectivity index (χ3v) is 3.88. The smallest absolute Gasteiger partial charge is 0.251 e. The molecule has 1 fully saturated rings. The lowest BCUT2D eigenvalue weighted by molar-refractivity contribution is -0.112. The van der Waals surface area contributed by atoms with Crippen molar-refractivity contribution in [2.75, 3.05) is 5.75 Å². The molecule has 0 saturated carbocycles. The molecule has 0 aromatic heterocycles. The summed E-state index contributed by atoms with van der Waals surface area (Å²) in [4.78, 5) is 23.1. The standard InChI is InChI=1S/C11H10BrNO2S/c12-8-3-1-7(2-4-8)10(14)13-9-5-6-16-11(9)15/h1-4,9H,5-6H2,(H,13,14). The van der Waals surface area contributed by atoms with Gasteiger partial charge in [-0.3, -0.25) is 9.59 Å². The lowest BCUT2D eigenvalue weighted by Crippen LogP contribution is -2.37. The van der Waals surface area contributed by atoms with Gasteiger partial charge in [0.2, 0.25) is 5.12 Å². The number of rotatable bonds is 2. The Labute approximate surface area is 106 Å². The maximum Gasteiger partial charge on any atom is 0.251 e. The summed E-state index contributed by atoms with van der Waals surface area (Å²) in [6, 6.07) is 6.75. The van der Waals surface area contributed by atoms with Gasteiger partial charge in [0.1, 0.15) is 0 Å². The Bertz CT molecular complexity index is 418. The molecule has 0 spiro atoms. The monoisotopic (exact) mass is 299 g/mol. The average molecular weight is 300 g/mol. The van der Waals surface area contributed by atoms with Crippen molar-refractivity contribution < 1.29 is 9.59 Å². The molecular formula is C11H10BrNO2S. The van der Waals surface area contributed by atoms with Gasteiger partial charge in [-0.25, -0.2) is 0 Å². The molecule has 1 aromatic carbocycles. The number of nitrogens with one attached hydrogen (secondary N) is 1. The summed E-state index contributed by atoms with van der Waals surface area (Å²) in [5.74, 6) is 0.609. The van der Waals surface area contributed by atoms with E-state index in [4.69, 9.17) is 0 Å². The number of carbonyl (C=O) groups is 2. The van der Waals surface area contributed by atoms with E-state index < -0.39 is 0 Å². The highest BCUT2D eigenvalue weighted by molar-refractivity contribution is 9.10. The average Bonchev–Trinajstić information content (AvgIpc) is 2.65. The molecule has 1 aromatic rings. The Kier molecular flexibility index (Phi) is 3.66. The van der Waals surface area contributed by atoms with Gasteiger partial charge in [0, 0.05) is 15.8 Å². The molecule has 1 saturated heterocycles. The number of halogens is 1. The molecular weight excluding hydrogens is 290 g/mol. The van der Waals surface area contributed by atoms with Crippen molar-refractivity contribution in [3.63, 3.8) is 0 Å². The molecule has 16 heavy (non-hydrogen) atoms. The third-order valence-electron chi connectivity index (χ3n) is 2.35. The van der Waals surface area contributed by atoms with Crippen LogP contribution in [-0.4, -0.2) is 22.8 Å². The minimum Gasteiger partial charge on any atom is -0.341 e. The van der Waals surface area contributed by atoms with Crippen LogP contribution in [0.2, 0.25) is 0 Å². The summed E-state index contributed by atoms with van der Waals surface area (Å²) in [7, 11) is 0. The first-order chi connectivity index (χ1) is 7.66. The quantitative estimate of drug-likeness (QED) is 0.911. The van der Waals surface area contributed by atoms with Crippen LogP contribution in [-0.2, 0) is 4.79 Å². The molecule has 1 heterocycles. The predicted octanol–water partition coefficient (Wildman–Crippen LogP) is 2.21. The van der Waals surface area contributed by atoms with Crippen molar-refractivity contribution >= 4 is 38.7 Å². The molecule has 1 aliphatic rings. The van der Waals surface area contributed by atoms with Gasteiger partial charge in [0.15, 0.2) is 0 Å². The second-order valence-corrected chi connectivity index (χ2v) is 5.50. The summed E-state index contributed by atoms with van der Waals surface area (Å²) in [5, 5.41) is 2.80. The lowest BCUT2D eigenvalue weighted by atomic mass is 10.2. The van der Waals surface area contributed by atoms with Gasteiger partial charge in [-0.1, -0.05) is 27.7 Å². The van der Waals surface area contributed by atoms with E-state index in [9.17, 15) is 9.59 Å². The van der Waals surface area contributed by atoms with Crippen molar-refractivity contribution in [1.29, 1.82) is 0 Å². The summed E-state index contributed by atoms with van der Waals surface area (Å²) in [6.07, 6.45) is 0.728. The van der Waals surface area contributed by atoms with Gasteiger partial charge >= 0.3 is 0 Å². The highest BCUT2D eigenvalue weighted by atomic mass is 79.9. The molecule has 1 atom stereocenters. The van der Waals surface area contributed by atoms with Crippen LogP contribution in [0.4, 0.5) is 0 Å². The lowest BCUT2D eigenvalue weighted by Gasteiger charge is -2.09. The molecule has 0 bridgehead atoms. The van der Waals surface area contributed by atoms with Crippen LogP contribution >= 0.6 is 27.7 Å². The van der Waals surface area contributed by atoms with E-state index in [2.05, 4.69) is 21.2 Å². The minimum atomic E-state index is -0.318. The number of carbonyl (C=O) groups excluding carboxylic acids is 2. The summed E-state index contributed by atoms with van der Waals surface area (Å²) < 4.78 is 0.927. The first-order valence-corrected chi connectivity index (χ1v) is 6.68. The second kappa shape index (κ2) is 5.01. The minimum absolute atomic E-state index is 0.0606. The maximum atomic E-state index is 11.8. The maximum absolute atomic E-state index is 11.8. The van der Waals surface area contributed by atoms with Crippen LogP contribution in [0.5, 0.6) is 0 Å². The van der Waals surface area contributed by atoms with Crippen molar-refractivity contribution in [2.45, 2.75) is 12.5 Å². The molecule has 1 N–H and O–H groups in total. The fourth-order valence-corrected chi connectivity index (χ4v) is 2.67. The Morgan fingerprint density at radius 3 is 2.62 bits per heavy atom. The predicted molar refractivity (Wildman–Crippen MR) is 67.5 cm³/mol. The molecule has 84 valence electrons. The molecule has 1 aliphatic heterocycles. The number of amides is 1. The zero-order valence-corrected chi connectivity index (χ0v) is 10.8. The Balaban J connectivity index is 2.02. The first-order valence-electron chi connectivity index (χ1n) is 4.90. The largest absolute Gasteiger partial charge is 0.341 e. The van der Waals surface area contributed by atoms with Crippen LogP contribution in [0.25, 0.3) is 0 Å². The van der Waals surface area contributed by atoms with Gasteiger partial charge in [0.05, 0.1) is 6.04 Å². The molecule has 0 radical (unpaired) electrons. The van der Waals surface area contributed by atoms with Crippen LogP contribution in [0, 0.1) is 0 Å². The van der Waals surface area contributed by atoms with E-state index in [1.807, 2.05) is 0 Å². The van der Waals surface area contributed by atoms with Crippen molar-refractivity contribution in [1.82, 2.24) is 5.32 Å². The van der Waals surface area contributed by atoms with Gasteiger partial charge in [-0.15, -0.1) is 0 Å². The molecule has 1 unspecified atom stereocenters. The zero-order chi connectivity index (χ0) is 11.5. The second-order valence-electron chi connectivity index (χ2n) is 3.49. The summed E-state index contributed by atoms with van der Waals surface area (Å²) in [5.41, 5.74) is 0.577. The van der Waals surface area contributed by atoms with E-state index in [1.165, 1.54) is 11.8 Å². The number of benzene rings is 1. The highest BCUT2D eigenvalue weighted by Crippen LogP contribution is 2.20. The van der Waals surface area contributed by atoms with Crippen molar-refractivity contribution in [2.24, 2.45) is 0 Å². The number of hydrogen-bond acceptors (Lipinski definition) is 3. The zero-order valence-electron chi connectivity index (χ0n) is 8.40. The fraction of sp³-hybridized carbons (Fsp3) is 0.273. The van der Waals surface area contributed by atoms with Gasteiger partial charge in [0.25, 0.3) is 5.91 Å². The Morgan fingerprint density at radius 2 is 2.06 bits per heavy atom. The van der Waals surface area contributed by atoms with Gasteiger partial charge in [-0.2, -0.15) is 0 Å². The van der Waals surface area contributed by atoms with E-state index in [0.29, 0.717) is 5.56 Å². The summed E-state index contributed by atoms with van der Waals surface area (Å²) in [6.45, 7) is 0. The van der Waals surface area contributed by atoms with Gasteiger partial charge in [-0.05, 0) is 30.7 Å². The van der Waals surface area contributed by atoms with Gasteiger partial charge < -0.3 is 5.32 Å². The Morgan fingerprint density at radius 1 is 1.38 bits per heavy atom. The van der Waals surface area contributed by atoms with Crippen LogP contribution in [0.1, 0.15) is 16.8 Å². The van der Waals surface area contributed by atoms with Crippen LogP contribution < -0.4 is 5.32 Å². The van der Waals surface area contributed by atoms with E-state index in [-0.39, 0.29) is 17.1 Å². The molecule has 3 nitrogen and oxygen atoms in total. The van der Waals surface area contributed by atoms with Crippen molar-refractivity contribution in [3.8, 4) is 0 Å². The fourth-order valence-electron chi connectivity index (χ4n) is 1.47. The normalized spacial score (nSPS) is 19.8. The Hall–Kier alpha value is -0.810. The van der Waals surface area contributed by atoms with Crippen LogP contribution in [0.15, 0.2) is 28.7 Å². The molecule has 5 heteroatoms. The summed E-state index contributed by atoms with van der Waals surface area (Å²) >= 11 is 4.59. The van der Waals surface area contributed by atoms with Crippen LogP contribution in [0.3, 0.4) is 0 Å². The SMILES string of the molecule is O=C(NC1CCSC1=O)c1ccc(Br)cc1. The van der Waals surface area contributed by atoms with E-state index >= 15 is 0 Å². The van der Waals surface area contributed by atoms with E-state index in [1.54, 1.807) is 24.3 Å². The third kappa shape index (κ3) is 2.65.